The summed E-state index contributed by atoms with van der Waals surface area (Å²) in [6.07, 6.45) is 3.45. The average molecular weight is 128 g/mol. The van der Waals surface area contributed by atoms with Gasteiger partial charge in [0.05, 0.1) is 18.8 Å². The highest BCUT2D eigenvalue weighted by Gasteiger charge is 2.28. The first kappa shape index (κ1) is 6.78. The minimum atomic E-state index is -0.218. The molecule has 52 valence electrons. The van der Waals surface area contributed by atoms with E-state index in [1.807, 2.05) is 0 Å². The van der Waals surface area contributed by atoms with Gasteiger partial charge in [-0.05, 0) is 12.8 Å². The van der Waals surface area contributed by atoms with Gasteiger partial charge < -0.3 is 9.84 Å². The maximum Gasteiger partial charge on any atom is 0.0839 e. The maximum atomic E-state index is 8.98. The Kier molecular flexibility index (Phi) is 2.25. The number of hydrogen-bond acceptors (Lipinski definition) is 2. The number of aliphatic hydroxyl groups is 1. The van der Waals surface area contributed by atoms with Crippen LogP contribution in [0.2, 0.25) is 0 Å². The van der Waals surface area contributed by atoms with Crippen LogP contribution in [-0.4, -0.2) is 23.9 Å². The second-order valence-electron chi connectivity index (χ2n) is 2.31. The Hall–Kier alpha value is -0.340. The lowest BCUT2D eigenvalue weighted by Gasteiger charge is -2.31. The molecule has 1 saturated carbocycles. The summed E-state index contributed by atoms with van der Waals surface area (Å²) >= 11 is 0. The minimum absolute atomic E-state index is 0.0861. The van der Waals surface area contributed by atoms with E-state index in [0.717, 1.165) is 12.8 Å². The van der Waals surface area contributed by atoms with Gasteiger partial charge in [-0.1, -0.05) is 6.08 Å². The summed E-state index contributed by atoms with van der Waals surface area (Å²) in [6.45, 7) is 4.07. The second-order valence-corrected chi connectivity index (χ2v) is 2.31. The van der Waals surface area contributed by atoms with Crippen LogP contribution < -0.4 is 0 Å². The predicted octanol–water partition coefficient (Wildman–Crippen LogP) is 0.712. The van der Waals surface area contributed by atoms with Crippen molar-refractivity contribution >= 4 is 0 Å². The molecule has 9 heavy (non-hydrogen) atoms. The number of ether oxygens (including phenoxy) is 1. The third kappa shape index (κ3) is 1.53. The monoisotopic (exact) mass is 128 g/mol. The van der Waals surface area contributed by atoms with Gasteiger partial charge in [-0.15, -0.1) is 6.58 Å². The van der Waals surface area contributed by atoms with Gasteiger partial charge in [-0.25, -0.2) is 0 Å². The molecule has 1 aliphatic rings. The Balaban J connectivity index is 2.06. The van der Waals surface area contributed by atoms with Crippen molar-refractivity contribution in [2.24, 2.45) is 0 Å². The van der Waals surface area contributed by atoms with Crippen LogP contribution in [0.25, 0.3) is 0 Å². The van der Waals surface area contributed by atoms with E-state index in [9.17, 15) is 0 Å². The lowest BCUT2D eigenvalue weighted by atomic mass is 9.92. The Labute approximate surface area is 55.1 Å². The van der Waals surface area contributed by atoms with Gasteiger partial charge in [0, 0.05) is 0 Å². The van der Waals surface area contributed by atoms with Crippen molar-refractivity contribution in [1.82, 2.24) is 0 Å². The third-order valence-electron chi connectivity index (χ3n) is 1.60. The summed E-state index contributed by atoms with van der Waals surface area (Å²) < 4.78 is 5.17. The molecule has 2 atom stereocenters. The third-order valence-corrected chi connectivity index (χ3v) is 1.60. The predicted molar refractivity (Wildman–Crippen MR) is 35.2 cm³/mol. The van der Waals surface area contributed by atoms with Gasteiger partial charge in [0.25, 0.3) is 0 Å². The van der Waals surface area contributed by atoms with Gasteiger partial charge in [0.2, 0.25) is 0 Å². The van der Waals surface area contributed by atoms with E-state index in [1.165, 1.54) is 0 Å². The molecule has 2 heteroatoms. The molecule has 1 N–H and O–H groups in total. The molecule has 2 nitrogen and oxygen atoms in total. The maximum absolute atomic E-state index is 8.98. The molecule has 0 saturated heterocycles. The Morgan fingerprint density at radius 1 is 1.67 bits per heavy atom. The van der Waals surface area contributed by atoms with E-state index in [-0.39, 0.29) is 12.2 Å². The molecule has 0 spiro atoms. The lowest BCUT2D eigenvalue weighted by molar-refractivity contribution is -0.0876. The van der Waals surface area contributed by atoms with Gasteiger partial charge >= 0.3 is 0 Å². The van der Waals surface area contributed by atoms with Crippen molar-refractivity contribution in [1.29, 1.82) is 0 Å². The molecule has 1 fully saturated rings. The van der Waals surface area contributed by atoms with Crippen molar-refractivity contribution in [2.75, 3.05) is 6.61 Å². The highest BCUT2D eigenvalue weighted by Crippen LogP contribution is 2.22. The highest BCUT2D eigenvalue weighted by molar-refractivity contribution is 4.81. The fourth-order valence-electron chi connectivity index (χ4n) is 0.838. The number of rotatable bonds is 3. The lowest BCUT2D eigenvalue weighted by Crippen LogP contribution is -2.38. The van der Waals surface area contributed by atoms with Gasteiger partial charge in [-0.2, -0.15) is 0 Å². The molecule has 0 amide bonds. The summed E-state index contributed by atoms with van der Waals surface area (Å²) in [4.78, 5) is 0. The molecule has 0 radical (unpaired) electrons. The first-order chi connectivity index (χ1) is 4.34. The van der Waals surface area contributed by atoms with Gasteiger partial charge in [-0.3, -0.25) is 0 Å². The van der Waals surface area contributed by atoms with E-state index in [4.69, 9.17) is 9.84 Å². The normalized spacial score (nSPS) is 33.4. The van der Waals surface area contributed by atoms with Crippen molar-refractivity contribution in [3.05, 3.63) is 12.7 Å². The quantitative estimate of drug-likeness (QED) is 0.567. The molecule has 1 aliphatic carbocycles. The first-order valence-corrected chi connectivity index (χ1v) is 3.25. The Bertz CT molecular complexity index is 101. The number of aliphatic hydroxyl groups excluding tert-OH is 1. The molecular formula is C7H12O2. The molecule has 0 aliphatic heterocycles. The number of hydrogen-bond donors (Lipinski definition) is 1. The van der Waals surface area contributed by atoms with Crippen molar-refractivity contribution in [3.8, 4) is 0 Å². The van der Waals surface area contributed by atoms with Crippen LogP contribution in [0.5, 0.6) is 0 Å². The minimum Gasteiger partial charge on any atom is -0.390 e. The van der Waals surface area contributed by atoms with Crippen molar-refractivity contribution in [2.45, 2.75) is 25.0 Å². The van der Waals surface area contributed by atoms with Crippen molar-refractivity contribution in [3.63, 3.8) is 0 Å². The molecule has 0 aromatic rings. The smallest absolute Gasteiger partial charge is 0.0839 e. The van der Waals surface area contributed by atoms with E-state index in [0.29, 0.717) is 6.61 Å². The van der Waals surface area contributed by atoms with Crippen LogP contribution in [-0.2, 0) is 4.74 Å². The average Bonchev–Trinajstić information content (AvgIpc) is 1.86. The highest BCUT2D eigenvalue weighted by atomic mass is 16.5. The van der Waals surface area contributed by atoms with Crippen LogP contribution in [0.3, 0.4) is 0 Å². The van der Waals surface area contributed by atoms with Crippen LogP contribution in [0.15, 0.2) is 12.7 Å². The molecular weight excluding hydrogens is 116 g/mol. The fraction of sp³-hybridized carbons (Fsp3) is 0.714. The van der Waals surface area contributed by atoms with E-state index in [1.54, 1.807) is 6.08 Å². The second kappa shape index (κ2) is 2.99. The van der Waals surface area contributed by atoms with Crippen LogP contribution in [0.4, 0.5) is 0 Å². The topological polar surface area (TPSA) is 29.5 Å². The van der Waals surface area contributed by atoms with E-state index >= 15 is 0 Å². The summed E-state index contributed by atoms with van der Waals surface area (Å²) in [5, 5.41) is 8.98. The SMILES string of the molecule is C=CCO[C@@H]1CC[C@@H]1O. The van der Waals surface area contributed by atoms with Gasteiger partial charge in [0.1, 0.15) is 0 Å². The van der Waals surface area contributed by atoms with Crippen LogP contribution >= 0.6 is 0 Å². The molecule has 0 unspecified atom stereocenters. The molecule has 1 rings (SSSR count). The molecule has 0 bridgehead atoms. The van der Waals surface area contributed by atoms with Crippen LogP contribution in [0, 0.1) is 0 Å². The summed E-state index contributed by atoms with van der Waals surface area (Å²) in [7, 11) is 0. The summed E-state index contributed by atoms with van der Waals surface area (Å²) in [5.41, 5.74) is 0. The standard InChI is InChI=1S/C7H12O2/c1-2-5-9-7-4-3-6(7)8/h2,6-8H,1,3-5H2/t6-,7+/m0/s1. The van der Waals surface area contributed by atoms with E-state index in [2.05, 4.69) is 6.58 Å². The molecule has 0 aromatic carbocycles. The van der Waals surface area contributed by atoms with Gasteiger partial charge in [0.15, 0.2) is 0 Å². The Morgan fingerprint density at radius 2 is 2.44 bits per heavy atom. The molecule has 0 aromatic heterocycles. The largest absolute Gasteiger partial charge is 0.390 e. The van der Waals surface area contributed by atoms with Crippen LogP contribution in [0.1, 0.15) is 12.8 Å². The van der Waals surface area contributed by atoms with E-state index < -0.39 is 0 Å². The fourth-order valence-corrected chi connectivity index (χ4v) is 0.838. The van der Waals surface area contributed by atoms with Crippen molar-refractivity contribution < 1.29 is 9.84 Å². The first-order valence-electron chi connectivity index (χ1n) is 3.25. The summed E-state index contributed by atoms with van der Waals surface area (Å²) in [6, 6.07) is 0. The zero-order valence-corrected chi connectivity index (χ0v) is 5.42. The Morgan fingerprint density at radius 3 is 2.78 bits per heavy atom. The summed E-state index contributed by atoms with van der Waals surface area (Å²) in [5.74, 6) is 0. The molecule has 0 heterocycles. The zero-order chi connectivity index (χ0) is 6.69. The zero-order valence-electron chi connectivity index (χ0n) is 5.42.